The molecule has 0 fully saturated rings. The molecule has 0 aliphatic heterocycles. The number of thiophene rings is 1. The molecule has 0 bridgehead atoms. The molecule has 0 radical (unpaired) electrons. The molecule has 1 aromatic heterocycles. The average molecular weight is 232 g/mol. The number of hydrogen-bond donors (Lipinski definition) is 2. The third kappa shape index (κ3) is 2.36. The Morgan fingerprint density at radius 1 is 1.19 bits per heavy atom. The number of nitrogen functional groups attached to an aromatic ring is 1. The van der Waals surface area contributed by atoms with Gasteiger partial charge in [-0.1, -0.05) is 6.07 Å². The van der Waals surface area contributed by atoms with Crippen molar-refractivity contribution in [1.29, 1.82) is 0 Å². The van der Waals surface area contributed by atoms with Gasteiger partial charge in [-0.3, -0.25) is 0 Å². The van der Waals surface area contributed by atoms with Crippen molar-refractivity contribution in [2.75, 3.05) is 11.1 Å². The van der Waals surface area contributed by atoms with Crippen LogP contribution in [0.5, 0.6) is 0 Å². The molecule has 0 spiro atoms. The Morgan fingerprint density at radius 3 is 2.62 bits per heavy atom. The molecule has 0 atom stereocenters. The Hall–Kier alpha value is -1.48. The van der Waals surface area contributed by atoms with Crippen molar-refractivity contribution in [3.8, 4) is 0 Å². The summed E-state index contributed by atoms with van der Waals surface area (Å²) in [5.41, 5.74) is 10.3. The van der Waals surface area contributed by atoms with Crippen molar-refractivity contribution in [1.82, 2.24) is 0 Å². The maximum absolute atomic E-state index is 5.86. The number of hydrogen-bond acceptors (Lipinski definition) is 3. The second-order valence-corrected chi connectivity index (χ2v) is 4.95. The molecule has 0 saturated heterocycles. The average Bonchev–Trinajstić information content (AvgIpc) is 2.66. The Balaban J connectivity index is 2.05. The maximum Gasteiger partial charge on any atom is 0.0496 e. The quantitative estimate of drug-likeness (QED) is 0.794. The summed E-state index contributed by atoms with van der Waals surface area (Å²) in [5.74, 6) is 0. The van der Waals surface area contributed by atoms with Crippen LogP contribution in [0.4, 0.5) is 11.4 Å². The molecule has 2 nitrogen and oxygen atoms in total. The summed E-state index contributed by atoms with van der Waals surface area (Å²) in [4.78, 5) is 1.37. The normalized spacial score (nSPS) is 10.4. The highest BCUT2D eigenvalue weighted by Crippen LogP contribution is 2.20. The van der Waals surface area contributed by atoms with Gasteiger partial charge in [0.1, 0.15) is 0 Å². The highest BCUT2D eigenvalue weighted by molar-refractivity contribution is 7.10. The third-order valence-corrected chi connectivity index (χ3v) is 3.72. The second-order valence-electron chi connectivity index (χ2n) is 3.95. The highest BCUT2D eigenvalue weighted by Gasteiger charge is 2.00. The van der Waals surface area contributed by atoms with Crippen LogP contribution in [0, 0.1) is 13.8 Å². The van der Waals surface area contributed by atoms with E-state index in [2.05, 4.69) is 29.8 Å². The monoisotopic (exact) mass is 232 g/mol. The van der Waals surface area contributed by atoms with Crippen molar-refractivity contribution in [2.45, 2.75) is 20.4 Å². The standard InChI is InChI=1S/C13H16N2S/c1-9-3-4-11(7-12(9)14)15-8-13-10(2)5-6-16-13/h3-7,15H,8,14H2,1-2H3. The van der Waals surface area contributed by atoms with E-state index >= 15 is 0 Å². The van der Waals surface area contributed by atoms with Crippen LogP contribution in [0.3, 0.4) is 0 Å². The summed E-state index contributed by atoms with van der Waals surface area (Å²) in [7, 11) is 0. The molecular weight excluding hydrogens is 216 g/mol. The van der Waals surface area contributed by atoms with Crippen LogP contribution in [0.15, 0.2) is 29.6 Å². The molecule has 1 heterocycles. The van der Waals surface area contributed by atoms with Gasteiger partial charge in [-0.15, -0.1) is 11.3 Å². The van der Waals surface area contributed by atoms with Crippen LogP contribution >= 0.6 is 11.3 Å². The first-order valence-corrected chi connectivity index (χ1v) is 6.18. The van der Waals surface area contributed by atoms with Crippen LogP contribution in [-0.2, 0) is 6.54 Å². The lowest BCUT2D eigenvalue weighted by Gasteiger charge is -2.08. The summed E-state index contributed by atoms with van der Waals surface area (Å²) in [6.45, 7) is 5.02. The number of nitrogens with one attached hydrogen (secondary N) is 1. The largest absolute Gasteiger partial charge is 0.398 e. The zero-order valence-electron chi connectivity index (χ0n) is 9.58. The van der Waals surface area contributed by atoms with Crippen LogP contribution in [0.2, 0.25) is 0 Å². The van der Waals surface area contributed by atoms with Gasteiger partial charge in [0.05, 0.1) is 0 Å². The summed E-state index contributed by atoms with van der Waals surface area (Å²) in [5, 5.41) is 5.51. The molecule has 2 rings (SSSR count). The van der Waals surface area contributed by atoms with Crippen LogP contribution in [0.1, 0.15) is 16.0 Å². The Morgan fingerprint density at radius 2 is 2.00 bits per heavy atom. The van der Waals surface area contributed by atoms with E-state index in [1.54, 1.807) is 11.3 Å². The Kier molecular flexibility index (Phi) is 3.15. The summed E-state index contributed by atoms with van der Waals surface area (Å²) in [6.07, 6.45) is 0. The maximum atomic E-state index is 5.86. The fourth-order valence-electron chi connectivity index (χ4n) is 1.52. The van der Waals surface area contributed by atoms with Crippen LogP contribution in [0.25, 0.3) is 0 Å². The van der Waals surface area contributed by atoms with E-state index in [0.717, 1.165) is 23.5 Å². The van der Waals surface area contributed by atoms with E-state index in [4.69, 9.17) is 5.73 Å². The fourth-order valence-corrected chi connectivity index (χ4v) is 2.36. The zero-order valence-corrected chi connectivity index (χ0v) is 10.4. The second kappa shape index (κ2) is 4.58. The molecule has 3 N–H and O–H groups in total. The highest BCUT2D eigenvalue weighted by atomic mass is 32.1. The van der Waals surface area contributed by atoms with Crippen molar-refractivity contribution < 1.29 is 0 Å². The van der Waals surface area contributed by atoms with Gasteiger partial charge in [-0.05, 0) is 48.6 Å². The molecule has 0 saturated carbocycles. The lowest BCUT2D eigenvalue weighted by atomic mass is 10.2. The molecule has 0 aliphatic rings. The molecule has 3 heteroatoms. The van der Waals surface area contributed by atoms with Crippen molar-refractivity contribution in [3.05, 3.63) is 45.6 Å². The van der Waals surface area contributed by atoms with E-state index in [0.29, 0.717) is 0 Å². The molecule has 84 valence electrons. The molecule has 0 unspecified atom stereocenters. The van der Waals surface area contributed by atoms with Crippen molar-refractivity contribution in [3.63, 3.8) is 0 Å². The SMILES string of the molecule is Cc1ccc(NCc2sccc2C)cc1N. The minimum Gasteiger partial charge on any atom is -0.398 e. The predicted octanol–water partition coefficient (Wildman–Crippen LogP) is 3.56. The van der Waals surface area contributed by atoms with Gasteiger partial charge in [-0.2, -0.15) is 0 Å². The smallest absolute Gasteiger partial charge is 0.0496 e. The predicted molar refractivity (Wildman–Crippen MR) is 72.0 cm³/mol. The Labute approximate surface area is 100 Å². The lowest BCUT2D eigenvalue weighted by molar-refractivity contribution is 1.17. The van der Waals surface area contributed by atoms with E-state index in [-0.39, 0.29) is 0 Å². The van der Waals surface area contributed by atoms with E-state index in [1.165, 1.54) is 10.4 Å². The number of benzene rings is 1. The van der Waals surface area contributed by atoms with Gasteiger partial charge in [0.2, 0.25) is 0 Å². The zero-order chi connectivity index (χ0) is 11.5. The molecule has 16 heavy (non-hydrogen) atoms. The lowest BCUT2D eigenvalue weighted by Crippen LogP contribution is -2.00. The number of rotatable bonds is 3. The molecular formula is C13H16N2S. The first-order chi connectivity index (χ1) is 7.66. The minimum absolute atomic E-state index is 0.841. The first kappa shape index (κ1) is 11.0. The van der Waals surface area contributed by atoms with Gasteiger partial charge in [-0.25, -0.2) is 0 Å². The molecule has 1 aromatic carbocycles. The third-order valence-electron chi connectivity index (χ3n) is 2.70. The number of aryl methyl sites for hydroxylation is 2. The van der Waals surface area contributed by atoms with E-state index in [9.17, 15) is 0 Å². The van der Waals surface area contributed by atoms with Crippen LogP contribution in [-0.4, -0.2) is 0 Å². The molecule has 0 amide bonds. The minimum atomic E-state index is 0.841. The summed E-state index contributed by atoms with van der Waals surface area (Å²) < 4.78 is 0. The number of nitrogens with two attached hydrogens (primary N) is 1. The summed E-state index contributed by atoms with van der Waals surface area (Å²) in [6, 6.07) is 8.23. The van der Waals surface area contributed by atoms with Crippen molar-refractivity contribution in [2.24, 2.45) is 0 Å². The molecule has 0 aliphatic carbocycles. The van der Waals surface area contributed by atoms with Gasteiger partial charge in [0.15, 0.2) is 0 Å². The van der Waals surface area contributed by atoms with E-state index in [1.807, 2.05) is 19.1 Å². The van der Waals surface area contributed by atoms with Gasteiger partial charge in [0.25, 0.3) is 0 Å². The van der Waals surface area contributed by atoms with Crippen molar-refractivity contribution >= 4 is 22.7 Å². The first-order valence-electron chi connectivity index (χ1n) is 5.30. The van der Waals surface area contributed by atoms with Crippen LogP contribution < -0.4 is 11.1 Å². The van der Waals surface area contributed by atoms with Gasteiger partial charge < -0.3 is 11.1 Å². The number of anilines is 2. The topological polar surface area (TPSA) is 38.0 Å². The van der Waals surface area contributed by atoms with Gasteiger partial charge in [0, 0.05) is 22.8 Å². The van der Waals surface area contributed by atoms with Gasteiger partial charge >= 0.3 is 0 Å². The Bertz CT molecular complexity index is 488. The van der Waals surface area contributed by atoms with E-state index < -0.39 is 0 Å². The summed E-state index contributed by atoms with van der Waals surface area (Å²) >= 11 is 1.78. The fraction of sp³-hybridized carbons (Fsp3) is 0.231. The molecule has 2 aromatic rings.